The van der Waals surface area contributed by atoms with E-state index in [-0.39, 0.29) is 25.4 Å². The van der Waals surface area contributed by atoms with Crippen molar-refractivity contribution in [1.82, 2.24) is 24.8 Å². The number of hydrogen-bond donors (Lipinski definition) is 2. The minimum atomic E-state index is -4.39. The average molecular weight is 481 g/mol. The van der Waals surface area contributed by atoms with Gasteiger partial charge in [-0.05, 0) is 44.8 Å². The topological polar surface area (TPSA) is 86.4 Å². The second-order valence-corrected chi connectivity index (χ2v) is 9.30. The number of ether oxygens (including phenoxy) is 1. The van der Waals surface area contributed by atoms with Crippen LogP contribution in [0.5, 0.6) is 0 Å². The van der Waals surface area contributed by atoms with Crippen LogP contribution in [-0.2, 0) is 9.53 Å². The third-order valence-electron chi connectivity index (χ3n) is 6.46. The van der Waals surface area contributed by atoms with Gasteiger partial charge < -0.3 is 24.8 Å². The lowest BCUT2D eigenvalue weighted by atomic mass is 9.91. The summed E-state index contributed by atoms with van der Waals surface area (Å²) in [5, 5.41) is 4.02. The number of amides is 1. The fourth-order valence-electron chi connectivity index (χ4n) is 4.71. The van der Waals surface area contributed by atoms with Gasteiger partial charge >= 0.3 is 6.18 Å². The number of aromatic nitrogens is 3. The molecule has 2 aromatic rings. The van der Waals surface area contributed by atoms with Crippen LogP contribution in [0.2, 0.25) is 0 Å². The van der Waals surface area contributed by atoms with Crippen molar-refractivity contribution < 1.29 is 22.7 Å². The summed E-state index contributed by atoms with van der Waals surface area (Å²) in [7, 11) is 3.71. The molecule has 0 saturated carbocycles. The van der Waals surface area contributed by atoms with Gasteiger partial charge in [0.25, 0.3) is 0 Å². The number of likely N-dealkylation sites (tertiary alicyclic amines) is 1. The number of likely N-dealkylation sites (N-methyl/N-ethyl adjacent to an activating group) is 1. The van der Waals surface area contributed by atoms with Crippen LogP contribution in [0.4, 0.5) is 19.0 Å². The molecule has 186 valence electrons. The third-order valence-corrected chi connectivity index (χ3v) is 6.46. The number of halogens is 3. The molecule has 34 heavy (non-hydrogen) atoms. The van der Waals surface area contributed by atoms with Gasteiger partial charge in [0.15, 0.2) is 0 Å². The Morgan fingerprint density at radius 3 is 2.76 bits per heavy atom. The summed E-state index contributed by atoms with van der Waals surface area (Å²) in [4.78, 5) is 27.7. The quantitative estimate of drug-likeness (QED) is 0.618. The van der Waals surface area contributed by atoms with Crippen LogP contribution in [0.25, 0.3) is 11.0 Å². The van der Waals surface area contributed by atoms with Crippen LogP contribution >= 0.6 is 0 Å². The van der Waals surface area contributed by atoms with Gasteiger partial charge in [0.2, 0.25) is 5.91 Å². The fraction of sp³-hybridized carbons (Fsp3) is 0.609. The van der Waals surface area contributed by atoms with Crippen LogP contribution < -0.4 is 5.32 Å². The maximum Gasteiger partial charge on any atom is 0.393 e. The summed E-state index contributed by atoms with van der Waals surface area (Å²) in [6.45, 7) is 1.69. The molecular formula is C23H31F3N6O2. The van der Waals surface area contributed by atoms with E-state index in [0.717, 1.165) is 23.8 Å². The normalized spacial score (nSPS) is 22.7. The molecule has 2 saturated heterocycles. The minimum absolute atomic E-state index is 0.128. The molecule has 2 atom stereocenters. The summed E-state index contributed by atoms with van der Waals surface area (Å²) >= 11 is 0. The fourth-order valence-corrected chi connectivity index (χ4v) is 4.71. The van der Waals surface area contributed by atoms with Crippen LogP contribution in [0.1, 0.15) is 30.7 Å². The number of carbonyl (C=O) groups is 1. The maximum atomic E-state index is 13.7. The van der Waals surface area contributed by atoms with E-state index in [1.54, 1.807) is 6.08 Å². The van der Waals surface area contributed by atoms with Gasteiger partial charge in [-0.2, -0.15) is 13.2 Å². The Hall–Kier alpha value is -2.66. The van der Waals surface area contributed by atoms with Crippen molar-refractivity contribution >= 4 is 22.8 Å². The molecule has 4 rings (SSSR count). The Labute approximate surface area is 196 Å². The summed E-state index contributed by atoms with van der Waals surface area (Å²) in [6, 6.07) is -0.595. The van der Waals surface area contributed by atoms with E-state index in [1.807, 2.05) is 25.2 Å². The highest BCUT2D eigenvalue weighted by molar-refractivity contribution is 5.91. The lowest BCUT2D eigenvalue weighted by Gasteiger charge is -2.38. The molecule has 2 aromatic heterocycles. The zero-order chi connectivity index (χ0) is 24.3. The van der Waals surface area contributed by atoms with Gasteiger partial charge in [0.05, 0.1) is 11.3 Å². The molecule has 1 amide bonds. The van der Waals surface area contributed by atoms with Gasteiger partial charge in [-0.1, -0.05) is 6.08 Å². The lowest BCUT2D eigenvalue weighted by molar-refractivity contribution is -0.188. The van der Waals surface area contributed by atoms with E-state index in [0.29, 0.717) is 31.2 Å². The maximum absolute atomic E-state index is 13.7. The number of hydrogen-bond acceptors (Lipinski definition) is 6. The highest BCUT2D eigenvalue weighted by Crippen LogP contribution is 2.37. The Bertz CT molecular complexity index is 1020. The van der Waals surface area contributed by atoms with Crippen LogP contribution in [0, 0.1) is 5.92 Å². The zero-order valence-corrected chi connectivity index (χ0v) is 19.4. The molecule has 11 heteroatoms. The molecule has 8 nitrogen and oxygen atoms in total. The monoisotopic (exact) mass is 480 g/mol. The van der Waals surface area contributed by atoms with E-state index >= 15 is 0 Å². The van der Waals surface area contributed by atoms with Crippen LogP contribution in [0.15, 0.2) is 24.7 Å². The molecule has 0 bridgehead atoms. The van der Waals surface area contributed by atoms with E-state index in [2.05, 4.69) is 20.3 Å². The smallest absolute Gasteiger partial charge is 0.381 e. The highest BCUT2D eigenvalue weighted by Gasteiger charge is 2.45. The van der Waals surface area contributed by atoms with Crippen molar-refractivity contribution in [3.8, 4) is 0 Å². The summed E-state index contributed by atoms with van der Waals surface area (Å²) in [5.41, 5.74) is 1.69. The number of carbonyl (C=O) groups excluding carboxylic acids is 1. The number of rotatable bonds is 6. The number of piperidine rings is 1. The molecule has 0 spiro atoms. The Balaban J connectivity index is 1.57. The molecule has 0 aromatic carbocycles. The molecule has 0 radical (unpaired) electrons. The number of alkyl halides is 3. The number of nitrogens with zero attached hydrogens (tertiary/aromatic N) is 4. The van der Waals surface area contributed by atoms with Crippen molar-refractivity contribution in [3.63, 3.8) is 0 Å². The first-order chi connectivity index (χ1) is 16.2. The lowest BCUT2D eigenvalue weighted by Crippen LogP contribution is -2.52. The number of fused-ring (bicyclic) bond motifs is 1. The van der Waals surface area contributed by atoms with Crippen molar-refractivity contribution in [2.45, 2.75) is 37.4 Å². The molecule has 2 aliphatic heterocycles. The van der Waals surface area contributed by atoms with E-state index in [4.69, 9.17) is 4.74 Å². The number of aromatic amines is 1. The van der Waals surface area contributed by atoms with E-state index < -0.39 is 24.0 Å². The van der Waals surface area contributed by atoms with Gasteiger partial charge in [-0.15, -0.1) is 0 Å². The van der Waals surface area contributed by atoms with Crippen LogP contribution in [0.3, 0.4) is 0 Å². The third kappa shape index (κ3) is 5.69. The molecule has 4 heterocycles. The SMILES string of the molecule is CN(C)C/C=C/C(=O)N1C[C@H](Nc2ncnc3[nH]cc(C4CCOCC4)c23)C[C@H](C(F)(F)F)C1. The van der Waals surface area contributed by atoms with Crippen molar-refractivity contribution in [2.75, 3.05) is 52.3 Å². The second kappa shape index (κ2) is 10.3. The predicted molar refractivity (Wildman–Crippen MR) is 123 cm³/mol. The Kier molecular flexibility index (Phi) is 7.42. The summed E-state index contributed by atoms with van der Waals surface area (Å²) in [5.74, 6) is -1.26. The first kappa shape index (κ1) is 24.5. The minimum Gasteiger partial charge on any atom is -0.381 e. The van der Waals surface area contributed by atoms with E-state index in [9.17, 15) is 18.0 Å². The van der Waals surface area contributed by atoms with Gasteiger partial charge in [-0.3, -0.25) is 4.79 Å². The number of anilines is 1. The Morgan fingerprint density at radius 1 is 1.29 bits per heavy atom. The molecule has 2 fully saturated rings. The standard InChI is InChI=1S/C23H31F3N6O2/c1-31(2)7-3-4-19(33)32-12-16(23(24,25)26)10-17(13-32)30-22-20-18(15-5-8-34-9-6-15)11-27-21(20)28-14-29-22/h3-4,11,14-17H,5-10,12-13H2,1-2H3,(H2,27,28,29,30)/b4-3+/t16-,17+/m0/s1. The average Bonchev–Trinajstić information content (AvgIpc) is 3.24. The van der Waals surface area contributed by atoms with Crippen molar-refractivity contribution in [2.24, 2.45) is 5.92 Å². The van der Waals surface area contributed by atoms with Gasteiger partial charge in [-0.25, -0.2) is 9.97 Å². The predicted octanol–water partition coefficient (Wildman–Crippen LogP) is 3.16. The van der Waals surface area contributed by atoms with E-state index in [1.165, 1.54) is 17.3 Å². The van der Waals surface area contributed by atoms with Gasteiger partial charge in [0, 0.05) is 51.2 Å². The van der Waals surface area contributed by atoms with Crippen molar-refractivity contribution in [1.29, 1.82) is 0 Å². The number of H-pyrrole nitrogens is 1. The molecule has 0 aliphatic carbocycles. The number of nitrogens with one attached hydrogen (secondary N) is 2. The second-order valence-electron chi connectivity index (χ2n) is 9.30. The summed E-state index contributed by atoms with van der Waals surface area (Å²) < 4.78 is 46.6. The molecule has 2 N–H and O–H groups in total. The zero-order valence-electron chi connectivity index (χ0n) is 19.4. The highest BCUT2D eigenvalue weighted by atomic mass is 19.4. The van der Waals surface area contributed by atoms with Crippen molar-refractivity contribution in [3.05, 3.63) is 30.2 Å². The molecule has 2 aliphatic rings. The first-order valence-electron chi connectivity index (χ1n) is 11.6. The first-order valence-corrected chi connectivity index (χ1v) is 11.6. The summed E-state index contributed by atoms with van der Waals surface area (Å²) in [6.07, 6.45) is 3.53. The molecule has 0 unspecified atom stereocenters. The largest absolute Gasteiger partial charge is 0.393 e. The van der Waals surface area contributed by atoms with Crippen LogP contribution in [-0.4, -0.2) is 89.8 Å². The molecular weight excluding hydrogens is 449 g/mol. The van der Waals surface area contributed by atoms with Gasteiger partial charge in [0.1, 0.15) is 17.8 Å². The Morgan fingerprint density at radius 2 is 2.06 bits per heavy atom.